The van der Waals surface area contributed by atoms with Crippen molar-refractivity contribution in [2.75, 3.05) is 13.7 Å². The zero-order chi connectivity index (χ0) is 12.7. The Kier molecular flexibility index (Phi) is 5.73. The second-order valence-corrected chi connectivity index (χ2v) is 3.67. The Labute approximate surface area is 102 Å². The number of benzene rings is 1. The highest BCUT2D eigenvalue weighted by Gasteiger charge is 2.06. The fourth-order valence-electron chi connectivity index (χ4n) is 1.67. The summed E-state index contributed by atoms with van der Waals surface area (Å²) in [5.41, 5.74) is 2.08. The molecular weight excluding hydrogens is 214 g/mol. The Morgan fingerprint density at radius 1 is 1.29 bits per heavy atom. The fourth-order valence-corrected chi connectivity index (χ4v) is 1.67. The van der Waals surface area contributed by atoms with Crippen molar-refractivity contribution in [1.29, 1.82) is 0 Å². The van der Waals surface area contributed by atoms with Gasteiger partial charge in [-0.15, -0.1) is 0 Å². The van der Waals surface area contributed by atoms with E-state index in [0.717, 1.165) is 17.4 Å². The lowest BCUT2D eigenvalue weighted by molar-refractivity contribution is 0.248. The highest BCUT2D eigenvalue weighted by Crippen LogP contribution is 2.17. The molecule has 0 radical (unpaired) electrons. The van der Waals surface area contributed by atoms with Gasteiger partial charge in [0, 0.05) is 11.4 Å². The first-order valence-corrected chi connectivity index (χ1v) is 6.07. The largest absolute Gasteiger partial charge is 0.464 e. The van der Waals surface area contributed by atoms with E-state index in [1.165, 1.54) is 5.56 Å². The van der Waals surface area contributed by atoms with Gasteiger partial charge in [-0.25, -0.2) is 0 Å². The summed E-state index contributed by atoms with van der Waals surface area (Å²) < 4.78 is 5.32. The zero-order valence-corrected chi connectivity index (χ0v) is 10.7. The van der Waals surface area contributed by atoms with Crippen LogP contribution in [0.25, 0.3) is 11.0 Å². The summed E-state index contributed by atoms with van der Waals surface area (Å²) >= 11 is 0. The number of furan rings is 1. The normalized spacial score (nSPS) is 12.0. The average Bonchev–Trinajstić information content (AvgIpc) is 2.85. The van der Waals surface area contributed by atoms with E-state index in [2.05, 4.69) is 11.4 Å². The summed E-state index contributed by atoms with van der Waals surface area (Å²) in [6.45, 7) is 4.15. The van der Waals surface area contributed by atoms with Gasteiger partial charge < -0.3 is 14.8 Å². The molecule has 2 N–H and O–H groups in total. The van der Waals surface area contributed by atoms with Crippen LogP contribution in [0.15, 0.2) is 34.9 Å². The molecule has 0 spiro atoms. The Morgan fingerprint density at radius 2 is 2.06 bits per heavy atom. The van der Waals surface area contributed by atoms with Crippen LogP contribution in [0.3, 0.4) is 0 Å². The number of hydrogen-bond acceptors (Lipinski definition) is 3. The summed E-state index contributed by atoms with van der Waals surface area (Å²) in [6, 6.07) is 8.18. The molecule has 1 heterocycles. The molecule has 1 atom stereocenters. The number of rotatable bonds is 4. The van der Waals surface area contributed by atoms with Crippen molar-refractivity contribution in [3.05, 3.63) is 36.1 Å². The van der Waals surface area contributed by atoms with Crippen molar-refractivity contribution in [2.45, 2.75) is 26.3 Å². The molecule has 0 aliphatic heterocycles. The summed E-state index contributed by atoms with van der Waals surface area (Å²) in [7, 11) is 1.85. The minimum atomic E-state index is 0.109. The fraction of sp³-hybridized carbons (Fsp3) is 0.429. The number of aliphatic hydroxyl groups is 1. The van der Waals surface area contributed by atoms with E-state index in [0.29, 0.717) is 0 Å². The molecule has 0 amide bonds. The second-order valence-electron chi connectivity index (χ2n) is 3.67. The van der Waals surface area contributed by atoms with E-state index < -0.39 is 0 Å². The SMILES string of the molecule is CC.CNC(CO)Cc1ccc2ccoc2c1. The van der Waals surface area contributed by atoms with Crippen molar-refractivity contribution in [3.63, 3.8) is 0 Å². The standard InChI is InChI=1S/C12H15NO2.C2H6/c1-13-11(8-14)6-9-2-3-10-4-5-15-12(10)7-9;1-2/h2-5,7,11,13-14H,6,8H2,1H3;1-2H3. The van der Waals surface area contributed by atoms with Crippen LogP contribution in [0, 0.1) is 0 Å². The minimum Gasteiger partial charge on any atom is -0.464 e. The molecule has 0 aliphatic carbocycles. The van der Waals surface area contributed by atoms with E-state index in [-0.39, 0.29) is 12.6 Å². The van der Waals surface area contributed by atoms with E-state index >= 15 is 0 Å². The van der Waals surface area contributed by atoms with E-state index in [9.17, 15) is 0 Å². The predicted molar refractivity (Wildman–Crippen MR) is 71.2 cm³/mol. The van der Waals surface area contributed by atoms with Crippen LogP contribution in [-0.4, -0.2) is 24.8 Å². The van der Waals surface area contributed by atoms with Gasteiger partial charge in [0.15, 0.2) is 0 Å². The van der Waals surface area contributed by atoms with Gasteiger partial charge in [-0.3, -0.25) is 0 Å². The molecule has 0 fully saturated rings. The van der Waals surface area contributed by atoms with Gasteiger partial charge in [-0.1, -0.05) is 26.0 Å². The molecule has 2 aromatic rings. The van der Waals surface area contributed by atoms with E-state index in [4.69, 9.17) is 9.52 Å². The third kappa shape index (κ3) is 3.58. The van der Waals surface area contributed by atoms with Crippen LogP contribution in [0.2, 0.25) is 0 Å². The number of likely N-dealkylation sites (N-methyl/N-ethyl adjacent to an activating group) is 1. The first kappa shape index (κ1) is 13.7. The maximum atomic E-state index is 9.07. The topological polar surface area (TPSA) is 45.4 Å². The summed E-state index contributed by atoms with van der Waals surface area (Å²) in [6.07, 6.45) is 2.50. The van der Waals surface area contributed by atoms with Gasteiger partial charge in [-0.05, 0) is 31.2 Å². The maximum Gasteiger partial charge on any atom is 0.134 e. The molecule has 3 nitrogen and oxygen atoms in total. The molecule has 94 valence electrons. The van der Waals surface area contributed by atoms with Gasteiger partial charge in [0.1, 0.15) is 5.58 Å². The molecular formula is C14H21NO2. The molecule has 0 saturated carbocycles. The van der Waals surface area contributed by atoms with Crippen LogP contribution in [-0.2, 0) is 6.42 Å². The van der Waals surface area contributed by atoms with Crippen LogP contribution >= 0.6 is 0 Å². The zero-order valence-electron chi connectivity index (χ0n) is 10.7. The van der Waals surface area contributed by atoms with Crippen LogP contribution in [0.5, 0.6) is 0 Å². The summed E-state index contributed by atoms with van der Waals surface area (Å²) in [5, 5.41) is 13.3. The average molecular weight is 235 g/mol. The number of aliphatic hydroxyl groups excluding tert-OH is 1. The third-order valence-corrected chi connectivity index (χ3v) is 2.63. The monoisotopic (exact) mass is 235 g/mol. The summed E-state index contributed by atoms with van der Waals surface area (Å²) in [5.74, 6) is 0. The molecule has 17 heavy (non-hydrogen) atoms. The van der Waals surface area contributed by atoms with Crippen molar-refractivity contribution in [1.82, 2.24) is 5.32 Å². The van der Waals surface area contributed by atoms with E-state index in [1.807, 2.05) is 39.1 Å². The Morgan fingerprint density at radius 3 is 2.71 bits per heavy atom. The lowest BCUT2D eigenvalue weighted by Crippen LogP contribution is -2.31. The number of fused-ring (bicyclic) bond motifs is 1. The van der Waals surface area contributed by atoms with Crippen LogP contribution < -0.4 is 5.32 Å². The van der Waals surface area contributed by atoms with Crippen molar-refractivity contribution in [2.24, 2.45) is 0 Å². The number of hydrogen-bond donors (Lipinski definition) is 2. The molecule has 0 aliphatic rings. The Balaban J connectivity index is 0.000000686. The molecule has 1 unspecified atom stereocenters. The highest BCUT2D eigenvalue weighted by atomic mass is 16.3. The molecule has 0 saturated heterocycles. The van der Waals surface area contributed by atoms with Gasteiger partial charge in [0.25, 0.3) is 0 Å². The van der Waals surface area contributed by atoms with Crippen molar-refractivity contribution < 1.29 is 9.52 Å². The summed E-state index contributed by atoms with van der Waals surface area (Å²) in [4.78, 5) is 0. The van der Waals surface area contributed by atoms with Gasteiger partial charge in [-0.2, -0.15) is 0 Å². The quantitative estimate of drug-likeness (QED) is 0.856. The number of nitrogens with one attached hydrogen (secondary N) is 1. The smallest absolute Gasteiger partial charge is 0.134 e. The molecule has 1 aromatic carbocycles. The maximum absolute atomic E-state index is 9.07. The second kappa shape index (κ2) is 7.09. The highest BCUT2D eigenvalue weighted by molar-refractivity contribution is 5.77. The molecule has 0 bridgehead atoms. The van der Waals surface area contributed by atoms with E-state index in [1.54, 1.807) is 6.26 Å². The van der Waals surface area contributed by atoms with Crippen LogP contribution in [0.1, 0.15) is 19.4 Å². The van der Waals surface area contributed by atoms with Gasteiger partial charge in [0.2, 0.25) is 0 Å². The van der Waals surface area contributed by atoms with Crippen LogP contribution in [0.4, 0.5) is 0 Å². The van der Waals surface area contributed by atoms with Gasteiger partial charge in [0.05, 0.1) is 12.9 Å². The van der Waals surface area contributed by atoms with Gasteiger partial charge >= 0.3 is 0 Å². The molecule has 2 rings (SSSR count). The lowest BCUT2D eigenvalue weighted by atomic mass is 10.1. The molecule has 1 aromatic heterocycles. The first-order chi connectivity index (χ1) is 8.33. The molecule has 3 heteroatoms. The Bertz CT molecular complexity index is 432. The Hall–Kier alpha value is -1.32. The third-order valence-electron chi connectivity index (χ3n) is 2.63. The first-order valence-electron chi connectivity index (χ1n) is 6.07. The predicted octanol–water partition coefficient (Wildman–Crippen LogP) is 2.58. The van der Waals surface area contributed by atoms with Crippen molar-refractivity contribution >= 4 is 11.0 Å². The minimum absolute atomic E-state index is 0.109. The van der Waals surface area contributed by atoms with Crippen molar-refractivity contribution in [3.8, 4) is 0 Å². The lowest BCUT2D eigenvalue weighted by Gasteiger charge is -2.12.